The third-order valence-electron chi connectivity index (χ3n) is 4.19. The van der Waals surface area contributed by atoms with Gasteiger partial charge in [-0.15, -0.1) is 35.3 Å². The molecule has 2 rings (SSSR count). The minimum Gasteiger partial charge on any atom is -0.387 e. The van der Waals surface area contributed by atoms with Gasteiger partial charge in [0, 0.05) is 43.5 Å². The summed E-state index contributed by atoms with van der Waals surface area (Å²) in [5.41, 5.74) is -0.848. The molecule has 0 radical (unpaired) electrons. The van der Waals surface area contributed by atoms with Crippen LogP contribution in [0.3, 0.4) is 0 Å². The molecule has 1 aliphatic rings. The Morgan fingerprint density at radius 1 is 1.42 bits per heavy atom. The molecular weight excluding hydrogens is 463 g/mol. The molecule has 0 amide bonds. The summed E-state index contributed by atoms with van der Waals surface area (Å²) in [5, 5.41) is 19.4. The van der Waals surface area contributed by atoms with Gasteiger partial charge < -0.3 is 20.5 Å². The monoisotopic (exact) mass is 496 g/mol. The van der Waals surface area contributed by atoms with Crippen LogP contribution in [0.25, 0.3) is 0 Å². The highest BCUT2D eigenvalue weighted by Gasteiger charge is 2.25. The molecule has 150 valence electrons. The van der Waals surface area contributed by atoms with Crippen molar-refractivity contribution in [2.45, 2.75) is 32.3 Å². The summed E-state index contributed by atoms with van der Waals surface area (Å²) in [6.07, 6.45) is 0. The van der Waals surface area contributed by atoms with Crippen LogP contribution in [0.15, 0.2) is 22.5 Å². The Hall–Kier alpha value is -0.420. The molecule has 3 N–H and O–H groups in total. The van der Waals surface area contributed by atoms with Crippen molar-refractivity contribution in [1.29, 1.82) is 0 Å². The van der Waals surface area contributed by atoms with Gasteiger partial charge in [0.2, 0.25) is 0 Å². The van der Waals surface area contributed by atoms with Crippen molar-refractivity contribution in [2.75, 3.05) is 52.5 Å². The lowest BCUT2D eigenvalue weighted by Crippen LogP contribution is -2.48. The number of aliphatic imine (C=N–C) groups is 1. The summed E-state index contributed by atoms with van der Waals surface area (Å²) < 4.78 is 5.36. The van der Waals surface area contributed by atoms with Gasteiger partial charge in [-0.25, -0.2) is 0 Å². The van der Waals surface area contributed by atoms with E-state index in [4.69, 9.17) is 4.74 Å². The maximum absolute atomic E-state index is 10.7. The van der Waals surface area contributed by atoms with Crippen LogP contribution >= 0.6 is 35.3 Å². The number of β-amino-alcohol motifs (C(OH)–C–C–N with tert-alkyl or cyclic N) is 1. The molecular formula is C18H33IN4O2S. The Morgan fingerprint density at radius 2 is 2.15 bits per heavy atom. The summed E-state index contributed by atoms with van der Waals surface area (Å²) in [7, 11) is 0. The van der Waals surface area contributed by atoms with Gasteiger partial charge >= 0.3 is 0 Å². The molecule has 1 saturated heterocycles. The van der Waals surface area contributed by atoms with E-state index in [9.17, 15) is 5.11 Å². The number of aliphatic hydroxyl groups is 1. The van der Waals surface area contributed by atoms with Gasteiger partial charge in [0.15, 0.2) is 5.96 Å². The van der Waals surface area contributed by atoms with Gasteiger partial charge in [0.1, 0.15) is 0 Å². The first-order valence-corrected chi connectivity index (χ1v) is 9.96. The fourth-order valence-corrected chi connectivity index (χ4v) is 3.59. The van der Waals surface area contributed by atoms with Gasteiger partial charge in [0.05, 0.1) is 25.4 Å². The fourth-order valence-electron chi connectivity index (χ4n) is 2.80. The zero-order valence-corrected chi connectivity index (χ0v) is 19.2. The second-order valence-electron chi connectivity index (χ2n) is 6.88. The fraction of sp³-hybridized carbons (Fsp3) is 0.722. The number of nitrogens with zero attached hydrogens (tertiary/aromatic N) is 2. The molecule has 0 saturated carbocycles. The first-order chi connectivity index (χ1) is 12.0. The van der Waals surface area contributed by atoms with E-state index in [-0.39, 0.29) is 24.0 Å². The lowest BCUT2D eigenvalue weighted by molar-refractivity contribution is -0.0179. The molecule has 1 aromatic heterocycles. The number of thiophene rings is 1. The Bertz CT molecular complexity index is 519. The Morgan fingerprint density at radius 3 is 2.77 bits per heavy atom. The maximum atomic E-state index is 10.7. The SMILES string of the molecule is CCNC(=NCC(C)(O)CN1CCOCC1)NCC(C)c1cccs1.I. The van der Waals surface area contributed by atoms with Crippen LogP contribution in [0.2, 0.25) is 0 Å². The normalized spacial score (nSPS) is 19.3. The summed E-state index contributed by atoms with van der Waals surface area (Å²) >= 11 is 1.78. The van der Waals surface area contributed by atoms with E-state index in [1.165, 1.54) is 4.88 Å². The molecule has 2 unspecified atom stereocenters. The number of morpholine rings is 1. The standard InChI is InChI=1S/C18H32N4O2S.HI/c1-4-19-17(20-12-15(2)16-6-5-11-25-16)21-13-18(3,23)14-22-7-9-24-10-8-22;/h5-6,11,15,23H,4,7-10,12-14H2,1-3H3,(H2,19,20,21);1H. The van der Waals surface area contributed by atoms with Gasteiger partial charge in [0.25, 0.3) is 0 Å². The first-order valence-electron chi connectivity index (χ1n) is 9.08. The average Bonchev–Trinajstić information content (AvgIpc) is 3.12. The van der Waals surface area contributed by atoms with Crippen LogP contribution in [0, 0.1) is 0 Å². The van der Waals surface area contributed by atoms with Crippen molar-refractivity contribution in [3.8, 4) is 0 Å². The average molecular weight is 496 g/mol. The molecule has 0 spiro atoms. The van der Waals surface area contributed by atoms with Crippen molar-refractivity contribution in [2.24, 2.45) is 4.99 Å². The highest BCUT2D eigenvalue weighted by molar-refractivity contribution is 14.0. The minimum absolute atomic E-state index is 0. The van der Waals surface area contributed by atoms with Crippen LogP contribution in [0.5, 0.6) is 0 Å². The Balaban J connectivity index is 0.00000338. The Kier molecular flexibility index (Phi) is 11.0. The highest BCUT2D eigenvalue weighted by atomic mass is 127. The lowest BCUT2D eigenvalue weighted by atomic mass is 10.1. The second kappa shape index (κ2) is 12.1. The van der Waals surface area contributed by atoms with Gasteiger partial charge in [-0.3, -0.25) is 9.89 Å². The maximum Gasteiger partial charge on any atom is 0.191 e. The number of nitrogens with one attached hydrogen (secondary N) is 2. The molecule has 6 nitrogen and oxygen atoms in total. The topological polar surface area (TPSA) is 69.1 Å². The number of hydrogen-bond acceptors (Lipinski definition) is 5. The van der Waals surface area contributed by atoms with Crippen LogP contribution in [-0.4, -0.2) is 74.0 Å². The van der Waals surface area contributed by atoms with Gasteiger partial charge in [-0.2, -0.15) is 0 Å². The lowest BCUT2D eigenvalue weighted by Gasteiger charge is -2.33. The van der Waals surface area contributed by atoms with Crippen molar-refractivity contribution < 1.29 is 9.84 Å². The molecule has 2 atom stereocenters. The van der Waals surface area contributed by atoms with Crippen molar-refractivity contribution in [1.82, 2.24) is 15.5 Å². The molecule has 1 aromatic rings. The van der Waals surface area contributed by atoms with Crippen LogP contribution in [0.1, 0.15) is 31.6 Å². The third kappa shape index (κ3) is 8.51. The summed E-state index contributed by atoms with van der Waals surface area (Å²) in [6, 6.07) is 4.24. The smallest absolute Gasteiger partial charge is 0.191 e. The van der Waals surface area contributed by atoms with Crippen molar-refractivity contribution in [3.63, 3.8) is 0 Å². The van der Waals surface area contributed by atoms with E-state index >= 15 is 0 Å². The predicted molar refractivity (Wildman–Crippen MR) is 120 cm³/mol. The highest BCUT2D eigenvalue weighted by Crippen LogP contribution is 2.19. The molecule has 26 heavy (non-hydrogen) atoms. The van der Waals surface area contributed by atoms with Crippen LogP contribution in [-0.2, 0) is 4.74 Å². The summed E-state index contributed by atoms with van der Waals surface area (Å²) in [4.78, 5) is 8.19. The van der Waals surface area contributed by atoms with E-state index in [0.717, 1.165) is 45.4 Å². The molecule has 0 bridgehead atoms. The van der Waals surface area contributed by atoms with E-state index in [1.807, 2.05) is 13.8 Å². The quantitative estimate of drug-likeness (QED) is 0.292. The summed E-state index contributed by atoms with van der Waals surface area (Å²) in [5.74, 6) is 1.19. The number of ether oxygens (including phenoxy) is 1. The number of rotatable bonds is 8. The van der Waals surface area contributed by atoms with Crippen molar-refractivity contribution in [3.05, 3.63) is 22.4 Å². The zero-order valence-electron chi connectivity index (χ0n) is 16.0. The molecule has 0 aromatic carbocycles. The van der Waals surface area contributed by atoms with Crippen LogP contribution < -0.4 is 10.6 Å². The molecule has 2 heterocycles. The number of hydrogen-bond donors (Lipinski definition) is 3. The van der Waals surface area contributed by atoms with E-state index in [0.29, 0.717) is 19.0 Å². The summed E-state index contributed by atoms with van der Waals surface area (Å²) in [6.45, 7) is 11.9. The third-order valence-corrected chi connectivity index (χ3v) is 5.30. The second-order valence-corrected chi connectivity index (χ2v) is 7.86. The van der Waals surface area contributed by atoms with Crippen LogP contribution in [0.4, 0.5) is 0 Å². The van der Waals surface area contributed by atoms with E-state index in [2.05, 4.69) is 45.0 Å². The van der Waals surface area contributed by atoms with Crippen molar-refractivity contribution >= 4 is 41.3 Å². The molecule has 1 fully saturated rings. The largest absolute Gasteiger partial charge is 0.387 e. The first kappa shape index (κ1) is 23.6. The zero-order chi connectivity index (χ0) is 18.1. The van der Waals surface area contributed by atoms with Gasteiger partial charge in [-0.1, -0.05) is 13.0 Å². The van der Waals surface area contributed by atoms with E-state index in [1.54, 1.807) is 11.3 Å². The Labute approximate surface area is 178 Å². The van der Waals surface area contributed by atoms with E-state index < -0.39 is 5.60 Å². The molecule has 1 aliphatic heterocycles. The molecule has 0 aliphatic carbocycles. The van der Waals surface area contributed by atoms with Gasteiger partial charge in [-0.05, 0) is 25.3 Å². The predicted octanol–water partition coefficient (Wildman–Crippen LogP) is 2.11. The number of halogens is 1. The number of guanidine groups is 1. The molecule has 8 heteroatoms. The minimum atomic E-state index is -0.848.